The average molecular weight is 659 g/mol. The van der Waals surface area contributed by atoms with Crippen LogP contribution in [-0.4, -0.2) is 15.2 Å². The van der Waals surface area contributed by atoms with Gasteiger partial charge in [0.15, 0.2) is 0 Å². The lowest BCUT2D eigenvalue weighted by atomic mass is 9.85. The summed E-state index contributed by atoms with van der Waals surface area (Å²) in [6.07, 6.45) is 21.7. The summed E-state index contributed by atoms with van der Waals surface area (Å²) in [6.45, 7) is 0. The van der Waals surface area contributed by atoms with Gasteiger partial charge in [0.2, 0.25) is 0 Å². The molecule has 11 rings (SSSR count). The first-order chi connectivity index (χ1) is 25.3. The molecule has 3 aliphatic carbocycles. The van der Waals surface area contributed by atoms with E-state index in [4.69, 9.17) is 4.74 Å². The number of allylic oxidation sites excluding steroid dienone is 9. The van der Waals surface area contributed by atoms with Crippen molar-refractivity contribution in [1.82, 2.24) is 9.13 Å². The summed E-state index contributed by atoms with van der Waals surface area (Å²) < 4.78 is 11.8. The molecule has 0 amide bonds. The van der Waals surface area contributed by atoms with Crippen molar-refractivity contribution in [1.29, 1.82) is 0 Å². The topological polar surface area (TPSA) is 19.1 Å². The maximum absolute atomic E-state index is 6.71. The smallest absolute Gasteiger partial charge is 0.130 e. The number of benzene rings is 5. The molecular formula is C48H38N2O. The molecule has 246 valence electrons. The zero-order valence-corrected chi connectivity index (χ0v) is 28.5. The van der Waals surface area contributed by atoms with Gasteiger partial charge in [-0.05, 0) is 103 Å². The van der Waals surface area contributed by atoms with Crippen LogP contribution in [0.5, 0.6) is 5.75 Å². The number of ether oxygens (including phenoxy) is 1. The third kappa shape index (κ3) is 4.44. The summed E-state index contributed by atoms with van der Waals surface area (Å²) in [5.41, 5.74) is 13.3. The molecule has 0 radical (unpaired) electrons. The number of nitrogens with zero attached hydrogens (tertiary/aromatic N) is 2. The maximum atomic E-state index is 6.71. The number of hydrogen-bond donors (Lipinski definition) is 0. The van der Waals surface area contributed by atoms with E-state index in [-0.39, 0.29) is 18.1 Å². The van der Waals surface area contributed by atoms with Gasteiger partial charge in [-0.1, -0.05) is 103 Å². The summed E-state index contributed by atoms with van der Waals surface area (Å²) in [5, 5.41) is 5.20. The molecular weight excluding hydrogens is 621 g/mol. The summed E-state index contributed by atoms with van der Waals surface area (Å²) in [4.78, 5) is 0. The Balaban J connectivity index is 1.02. The molecule has 3 atom stereocenters. The second kappa shape index (κ2) is 11.4. The molecule has 0 spiro atoms. The Kier molecular flexibility index (Phi) is 6.46. The molecule has 0 saturated heterocycles. The van der Waals surface area contributed by atoms with E-state index >= 15 is 0 Å². The van der Waals surface area contributed by atoms with Gasteiger partial charge in [0.05, 0.1) is 17.1 Å². The molecule has 3 nitrogen and oxygen atoms in total. The highest BCUT2D eigenvalue weighted by molar-refractivity contribution is 6.12. The minimum Gasteiger partial charge on any atom is -0.487 e. The van der Waals surface area contributed by atoms with Crippen molar-refractivity contribution >= 4 is 49.3 Å². The number of aromatic nitrogens is 2. The monoisotopic (exact) mass is 658 g/mol. The predicted octanol–water partition coefficient (Wildman–Crippen LogP) is 12.5. The average Bonchev–Trinajstić information content (AvgIpc) is 3.86. The van der Waals surface area contributed by atoms with E-state index in [2.05, 4.69) is 161 Å². The Bertz CT molecular complexity index is 2720. The Hall–Kier alpha value is -5.80. The second-order valence-corrected chi connectivity index (χ2v) is 14.6. The van der Waals surface area contributed by atoms with Gasteiger partial charge in [-0.25, -0.2) is 0 Å². The second-order valence-electron chi connectivity index (χ2n) is 14.6. The van der Waals surface area contributed by atoms with Crippen LogP contribution in [0.4, 0.5) is 0 Å². The van der Waals surface area contributed by atoms with Crippen LogP contribution in [-0.2, 0) is 0 Å². The highest BCUT2D eigenvalue weighted by Gasteiger charge is 2.41. The summed E-state index contributed by atoms with van der Waals surface area (Å²) in [5.74, 6) is 1.30. The van der Waals surface area contributed by atoms with Crippen LogP contribution in [0.3, 0.4) is 0 Å². The van der Waals surface area contributed by atoms with E-state index in [1.54, 1.807) is 0 Å². The molecule has 1 aliphatic heterocycles. The van der Waals surface area contributed by atoms with Crippen LogP contribution in [0.15, 0.2) is 163 Å². The van der Waals surface area contributed by atoms with E-state index in [9.17, 15) is 0 Å². The third-order valence-electron chi connectivity index (χ3n) is 11.9. The fraction of sp³-hybridized carbons (Fsp3) is 0.167. The van der Waals surface area contributed by atoms with Crippen molar-refractivity contribution in [3.63, 3.8) is 0 Å². The predicted molar refractivity (Wildman–Crippen MR) is 212 cm³/mol. The third-order valence-corrected chi connectivity index (χ3v) is 11.9. The molecule has 2 aromatic heterocycles. The normalized spacial score (nSPS) is 21.1. The van der Waals surface area contributed by atoms with Crippen molar-refractivity contribution in [2.24, 2.45) is 0 Å². The van der Waals surface area contributed by atoms with Crippen molar-refractivity contribution in [3.05, 3.63) is 168 Å². The van der Waals surface area contributed by atoms with Gasteiger partial charge in [-0.3, -0.25) is 0 Å². The van der Waals surface area contributed by atoms with E-state index in [1.807, 2.05) is 0 Å². The lowest BCUT2D eigenvalue weighted by molar-refractivity contribution is 0.150. The first-order valence-electron chi connectivity index (χ1n) is 18.5. The Morgan fingerprint density at radius 3 is 2.06 bits per heavy atom. The van der Waals surface area contributed by atoms with E-state index < -0.39 is 0 Å². The van der Waals surface area contributed by atoms with E-state index in [0.29, 0.717) is 0 Å². The standard InChI is InChI=1S/C48H38N2O/c1-2-11-31(12-3-1)32-21-25-35(26-22-32)49-42-17-7-4-13-36(42)40-29-33(23-27-44(40)49)34-24-28-45-41(30-34)37-14-5-8-18-43(37)50(45)46-19-10-16-39-38-15-6-9-20-47(38)51-48(39)46/h1-2,4-11,13-18,20-21,23-25,27-30,39,46,48H,3,12,19,22,26H2. The van der Waals surface area contributed by atoms with Crippen LogP contribution in [0.2, 0.25) is 0 Å². The van der Waals surface area contributed by atoms with Crippen molar-refractivity contribution in [2.75, 3.05) is 0 Å². The van der Waals surface area contributed by atoms with Crippen molar-refractivity contribution < 1.29 is 4.74 Å². The zero-order chi connectivity index (χ0) is 33.5. The molecule has 4 aliphatic rings. The molecule has 51 heavy (non-hydrogen) atoms. The molecule has 7 aromatic rings. The molecule has 3 unspecified atom stereocenters. The van der Waals surface area contributed by atoms with Crippen LogP contribution in [0.25, 0.3) is 60.4 Å². The van der Waals surface area contributed by atoms with Crippen molar-refractivity contribution in [3.8, 4) is 16.9 Å². The fourth-order valence-electron chi connectivity index (χ4n) is 9.49. The molecule has 0 bridgehead atoms. The Labute approximate surface area is 297 Å². The molecule has 0 fully saturated rings. The molecule has 3 heteroatoms. The first-order valence-corrected chi connectivity index (χ1v) is 18.5. The number of para-hydroxylation sites is 3. The van der Waals surface area contributed by atoms with E-state index in [0.717, 1.165) is 37.9 Å². The number of fused-ring (bicyclic) bond motifs is 9. The first kappa shape index (κ1) is 29.0. The minimum absolute atomic E-state index is 0.0775. The van der Waals surface area contributed by atoms with Gasteiger partial charge in [-0.15, -0.1) is 0 Å². The van der Waals surface area contributed by atoms with Gasteiger partial charge in [0.25, 0.3) is 0 Å². The zero-order valence-electron chi connectivity index (χ0n) is 28.5. The van der Waals surface area contributed by atoms with Crippen molar-refractivity contribution in [2.45, 2.75) is 50.2 Å². The molecule has 3 heterocycles. The Morgan fingerprint density at radius 1 is 0.569 bits per heavy atom. The molecule has 5 aromatic carbocycles. The summed E-state index contributed by atoms with van der Waals surface area (Å²) in [7, 11) is 0. The minimum atomic E-state index is 0.0775. The molecule has 0 saturated carbocycles. The quantitative estimate of drug-likeness (QED) is 0.172. The van der Waals surface area contributed by atoms with Crippen LogP contribution < -0.4 is 4.74 Å². The largest absolute Gasteiger partial charge is 0.487 e. The van der Waals surface area contributed by atoms with Crippen LogP contribution in [0.1, 0.15) is 49.6 Å². The highest BCUT2D eigenvalue weighted by atomic mass is 16.5. The lowest BCUT2D eigenvalue weighted by Gasteiger charge is -2.31. The van der Waals surface area contributed by atoms with Gasteiger partial charge in [0.1, 0.15) is 11.9 Å². The molecule has 0 N–H and O–H groups in total. The van der Waals surface area contributed by atoms with Crippen LogP contribution in [0, 0.1) is 0 Å². The van der Waals surface area contributed by atoms with Gasteiger partial charge in [-0.2, -0.15) is 0 Å². The van der Waals surface area contributed by atoms with Gasteiger partial charge in [0, 0.05) is 49.8 Å². The summed E-state index contributed by atoms with van der Waals surface area (Å²) in [6, 6.07) is 40.8. The van der Waals surface area contributed by atoms with Gasteiger partial charge < -0.3 is 13.9 Å². The van der Waals surface area contributed by atoms with E-state index in [1.165, 1.54) is 77.1 Å². The summed E-state index contributed by atoms with van der Waals surface area (Å²) >= 11 is 0. The SMILES string of the molecule is C1=CCCC(C2=CC=C(n3c4ccccc4c4cc(-c5ccc6c(c5)c5ccccc5n6C5CC=CC6c7ccccc7OC65)ccc43)CC2)=C1. The number of rotatable bonds is 4. The van der Waals surface area contributed by atoms with Gasteiger partial charge >= 0.3 is 0 Å². The highest BCUT2D eigenvalue weighted by Crippen LogP contribution is 2.48. The maximum Gasteiger partial charge on any atom is 0.130 e. The lowest BCUT2D eigenvalue weighted by Crippen LogP contribution is -2.32. The number of hydrogen-bond acceptors (Lipinski definition) is 1. The Morgan fingerprint density at radius 2 is 1.25 bits per heavy atom. The fourth-order valence-corrected chi connectivity index (χ4v) is 9.49. The van der Waals surface area contributed by atoms with Crippen LogP contribution >= 0.6 is 0 Å².